The van der Waals surface area contributed by atoms with Crippen LogP contribution < -0.4 is 4.72 Å². The third-order valence-electron chi connectivity index (χ3n) is 4.23. The molecule has 0 bridgehead atoms. The fourth-order valence-corrected chi connectivity index (χ4v) is 3.77. The average Bonchev–Trinajstić information content (AvgIpc) is 2.97. The highest BCUT2D eigenvalue weighted by Crippen LogP contribution is 2.25. The minimum absolute atomic E-state index is 0.153. The molecule has 0 saturated heterocycles. The Morgan fingerprint density at radius 1 is 1.17 bits per heavy atom. The quantitative estimate of drug-likeness (QED) is 0.667. The summed E-state index contributed by atoms with van der Waals surface area (Å²) in [5.74, 6) is 1.17. The molecule has 128 valence electrons. The van der Waals surface area contributed by atoms with Gasteiger partial charge in [0.05, 0.1) is 23.0 Å². The second kappa shape index (κ2) is 6.86. The Morgan fingerprint density at radius 3 is 2.71 bits per heavy atom. The number of para-hydroxylation sites is 1. The van der Waals surface area contributed by atoms with E-state index in [9.17, 15) is 8.42 Å². The van der Waals surface area contributed by atoms with Gasteiger partial charge in [0.25, 0.3) is 0 Å². The third kappa shape index (κ3) is 3.27. The number of fused-ring (bicyclic) bond motifs is 3. The van der Waals surface area contributed by atoms with E-state index in [1.807, 2.05) is 24.4 Å². The van der Waals surface area contributed by atoms with E-state index in [1.165, 1.54) is 7.05 Å². The van der Waals surface area contributed by atoms with Crippen molar-refractivity contribution in [2.45, 2.75) is 32.7 Å². The Hall–Kier alpha value is -1.99. The average molecular weight is 346 g/mol. The van der Waals surface area contributed by atoms with Gasteiger partial charge < -0.3 is 4.57 Å². The summed E-state index contributed by atoms with van der Waals surface area (Å²) in [6.07, 6.45) is 4.06. The van der Waals surface area contributed by atoms with Crippen molar-refractivity contribution in [3.8, 4) is 0 Å². The van der Waals surface area contributed by atoms with Crippen molar-refractivity contribution in [3.63, 3.8) is 0 Å². The molecule has 0 aliphatic carbocycles. The second-order valence-electron chi connectivity index (χ2n) is 5.77. The van der Waals surface area contributed by atoms with E-state index < -0.39 is 10.0 Å². The highest BCUT2D eigenvalue weighted by atomic mass is 32.2. The lowest BCUT2D eigenvalue weighted by Crippen LogP contribution is -2.22. The first-order chi connectivity index (χ1) is 11.6. The number of nitrogens with zero attached hydrogens (tertiary/aromatic N) is 3. The SMILES string of the molecule is CCc1nc2cnc3ccccc3c2n1CCCCS(=O)(=O)NC. The number of rotatable bonds is 7. The first-order valence-electron chi connectivity index (χ1n) is 8.20. The van der Waals surface area contributed by atoms with Crippen LogP contribution in [0.5, 0.6) is 0 Å². The number of sulfonamides is 1. The van der Waals surface area contributed by atoms with Crippen LogP contribution in [0.2, 0.25) is 0 Å². The van der Waals surface area contributed by atoms with Gasteiger partial charge in [0, 0.05) is 18.4 Å². The zero-order valence-corrected chi connectivity index (χ0v) is 14.8. The molecule has 0 atom stereocenters. The lowest BCUT2D eigenvalue weighted by molar-refractivity contribution is 0.575. The zero-order chi connectivity index (χ0) is 17.2. The van der Waals surface area contributed by atoms with Crippen molar-refractivity contribution in [1.29, 1.82) is 0 Å². The Morgan fingerprint density at radius 2 is 1.96 bits per heavy atom. The van der Waals surface area contributed by atoms with E-state index in [2.05, 4.69) is 27.3 Å². The lowest BCUT2D eigenvalue weighted by atomic mass is 10.2. The van der Waals surface area contributed by atoms with Gasteiger partial charge in [0.15, 0.2) is 0 Å². The summed E-state index contributed by atoms with van der Waals surface area (Å²) < 4.78 is 27.6. The Bertz CT molecular complexity index is 963. The van der Waals surface area contributed by atoms with Gasteiger partial charge in [-0.3, -0.25) is 4.98 Å². The van der Waals surface area contributed by atoms with Crippen LogP contribution in [-0.4, -0.2) is 35.8 Å². The minimum Gasteiger partial charge on any atom is -0.327 e. The highest BCUT2D eigenvalue weighted by Gasteiger charge is 2.13. The molecule has 0 aliphatic heterocycles. The van der Waals surface area contributed by atoms with Gasteiger partial charge in [-0.05, 0) is 26.0 Å². The van der Waals surface area contributed by atoms with Crippen LogP contribution in [-0.2, 0) is 23.0 Å². The number of aryl methyl sites for hydroxylation is 2. The topological polar surface area (TPSA) is 76.9 Å². The van der Waals surface area contributed by atoms with Crippen LogP contribution in [0.15, 0.2) is 30.5 Å². The number of benzene rings is 1. The second-order valence-corrected chi connectivity index (χ2v) is 7.82. The molecule has 7 heteroatoms. The van der Waals surface area contributed by atoms with Gasteiger partial charge in [0.2, 0.25) is 10.0 Å². The van der Waals surface area contributed by atoms with Crippen LogP contribution in [0.3, 0.4) is 0 Å². The molecule has 6 nitrogen and oxygen atoms in total. The van der Waals surface area contributed by atoms with E-state index in [0.717, 1.165) is 47.1 Å². The maximum Gasteiger partial charge on any atom is 0.211 e. The summed E-state index contributed by atoms with van der Waals surface area (Å²) in [5, 5.41) is 1.09. The molecule has 1 N–H and O–H groups in total. The third-order valence-corrected chi connectivity index (χ3v) is 5.68. The van der Waals surface area contributed by atoms with E-state index in [0.29, 0.717) is 6.42 Å². The summed E-state index contributed by atoms with van der Waals surface area (Å²) in [6.45, 7) is 2.84. The number of imidazole rings is 1. The van der Waals surface area contributed by atoms with Gasteiger partial charge in [-0.25, -0.2) is 18.1 Å². The summed E-state index contributed by atoms with van der Waals surface area (Å²) in [5.41, 5.74) is 2.94. The van der Waals surface area contributed by atoms with Crippen LogP contribution in [0.1, 0.15) is 25.6 Å². The first kappa shape index (κ1) is 16.9. The Balaban J connectivity index is 1.92. The molecule has 0 aliphatic rings. The van der Waals surface area contributed by atoms with Crippen LogP contribution in [0.4, 0.5) is 0 Å². The molecule has 0 spiro atoms. The molecule has 0 amide bonds. The van der Waals surface area contributed by atoms with Gasteiger partial charge >= 0.3 is 0 Å². The fourth-order valence-electron chi connectivity index (χ4n) is 2.99. The standard InChI is InChI=1S/C17H22N4O2S/c1-3-16-20-15-12-19-14-9-5-4-8-13(14)17(15)21(16)10-6-7-11-24(22,23)18-2/h4-5,8-9,12,18H,3,6-7,10-11H2,1-2H3. The van der Waals surface area contributed by atoms with Crippen LogP contribution in [0.25, 0.3) is 21.9 Å². The molecule has 3 rings (SSSR count). The summed E-state index contributed by atoms with van der Waals surface area (Å²) in [6, 6.07) is 8.04. The van der Waals surface area contributed by atoms with E-state index in [-0.39, 0.29) is 5.75 Å². The molecule has 1 aromatic carbocycles. The van der Waals surface area contributed by atoms with Crippen molar-refractivity contribution < 1.29 is 8.42 Å². The van der Waals surface area contributed by atoms with Crippen LogP contribution in [0, 0.1) is 0 Å². The number of aromatic nitrogens is 3. The molecule has 0 unspecified atom stereocenters. The fraction of sp³-hybridized carbons (Fsp3) is 0.412. The maximum absolute atomic E-state index is 11.5. The van der Waals surface area contributed by atoms with E-state index in [1.54, 1.807) is 0 Å². The lowest BCUT2D eigenvalue weighted by Gasteiger charge is -2.10. The number of pyridine rings is 1. The number of hydrogen-bond acceptors (Lipinski definition) is 4. The van der Waals surface area contributed by atoms with Crippen molar-refractivity contribution in [2.24, 2.45) is 0 Å². The summed E-state index contributed by atoms with van der Waals surface area (Å²) in [4.78, 5) is 9.17. The predicted octanol–water partition coefficient (Wildman–Crippen LogP) is 2.48. The molecule has 24 heavy (non-hydrogen) atoms. The monoisotopic (exact) mass is 346 g/mol. The highest BCUT2D eigenvalue weighted by molar-refractivity contribution is 7.89. The van der Waals surface area contributed by atoms with Crippen molar-refractivity contribution in [3.05, 3.63) is 36.3 Å². The summed E-state index contributed by atoms with van der Waals surface area (Å²) in [7, 11) is -1.69. The van der Waals surface area contributed by atoms with Gasteiger partial charge in [-0.2, -0.15) is 0 Å². The van der Waals surface area contributed by atoms with Gasteiger partial charge in [0.1, 0.15) is 11.3 Å². The molecule has 0 saturated carbocycles. The Labute approximate surface area is 142 Å². The predicted molar refractivity (Wildman–Crippen MR) is 96.5 cm³/mol. The molecule has 3 aromatic rings. The first-order valence-corrected chi connectivity index (χ1v) is 9.85. The molecule has 0 radical (unpaired) electrons. The summed E-state index contributed by atoms with van der Waals surface area (Å²) >= 11 is 0. The van der Waals surface area contributed by atoms with Crippen molar-refractivity contribution in [2.75, 3.05) is 12.8 Å². The van der Waals surface area contributed by atoms with Gasteiger partial charge in [-0.15, -0.1) is 0 Å². The van der Waals surface area contributed by atoms with Crippen molar-refractivity contribution >= 4 is 32.0 Å². The zero-order valence-electron chi connectivity index (χ0n) is 14.0. The molecule has 0 fully saturated rings. The number of nitrogens with one attached hydrogen (secondary N) is 1. The maximum atomic E-state index is 11.5. The Kier molecular flexibility index (Phi) is 4.82. The minimum atomic E-state index is -3.14. The molecule has 2 aromatic heterocycles. The van der Waals surface area contributed by atoms with E-state index >= 15 is 0 Å². The molecular weight excluding hydrogens is 324 g/mol. The van der Waals surface area contributed by atoms with Crippen molar-refractivity contribution in [1.82, 2.24) is 19.3 Å². The van der Waals surface area contributed by atoms with E-state index in [4.69, 9.17) is 4.98 Å². The van der Waals surface area contributed by atoms with Crippen LogP contribution >= 0.6 is 0 Å². The number of hydrogen-bond donors (Lipinski definition) is 1. The molecule has 2 heterocycles. The number of unbranched alkanes of at least 4 members (excludes halogenated alkanes) is 1. The molecular formula is C17H22N4O2S. The smallest absolute Gasteiger partial charge is 0.211 e. The normalized spacial score (nSPS) is 12.2. The largest absolute Gasteiger partial charge is 0.327 e. The van der Waals surface area contributed by atoms with Gasteiger partial charge in [-0.1, -0.05) is 25.1 Å².